The Morgan fingerprint density at radius 2 is 1.31 bits per heavy atom. The van der Waals surface area contributed by atoms with Gasteiger partial charge in [-0.1, -0.05) is 24.3 Å². The number of rotatable bonds is 0. The quantitative estimate of drug-likeness (QED) is 0.348. The minimum absolute atomic E-state index is 0.253. The van der Waals surface area contributed by atoms with Crippen molar-refractivity contribution in [1.82, 2.24) is 9.97 Å². The van der Waals surface area contributed by atoms with E-state index in [0.717, 1.165) is 25.5 Å². The summed E-state index contributed by atoms with van der Waals surface area (Å²) < 4.78 is 27.5. The molecule has 0 aliphatic rings. The maximum absolute atomic E-state index is 13.2. The predicted octanol–water partition coefficient (Wildman–Crippen LogP) is 5.55. The van der Waals surface area contributed by atoms with E-state index in [9.17, 15) is 8.78 Å². The molecule has 0 aliphatic carbocycles. The summed E-state index contributed by atoms with van der Waals surface area (Å²) in [5, 5.41) is 1.67. The molecule has 0 unspecified atom stereocenters. The Morgan fingerprint density at radius 3 is 1.88 bits per heavy atom. The summed E-state index contributed by atoms with van der Waals surface area (Å²) in [4.78, 5) is 8.00. The number of pyridine rings is 2. The third-order valence-electron chi connectivity index (χ3n) is 4.21. The number of anilines is 1. The van der Waals surface area contributed by atoms with Gasteiger partial charge < -0.3 is 5.73 Å². The first-order valence-electron chi connectivity index (χ1n) is 7.88. The fourth-order valence-electron chi connectivity index (χ4n) is 2.63. The van der Waals surface area contributed by atoms with Gasteiger partial charge in [-0.3, -0.25) is 9.97 Å². The average molecular weight is 463 g/mol. The summed E-state index contributed by atoms with van der Waals surface area (Å²) in [6.07, 6.45) is 3.18. The molecule has 2 heterocycles. The van der Waals surface area contributed by atoms with Crippen molar-refractivity contribution < 1.29 is 8.78 Å². The van der Waals surface area contributed by atoms with Gasteiger partial charge in [0.1, 0.15) is 22.7 Å². The van der Waals surface area contributed by atoms with Crippen molar-refractivity contribution in [1.29, 1.82) is 0 Å². The molecule has 3 nitrogen and oxygen atoms in total. The molecule has 0 bridgehead atoms. The van der Waals surface area contributed by atoms with Gasteiger partial charge in [0.15, 0.2) is 0 Å². The summed E-state index contributed by atoms with van der Waals surface area (Å²) in [6, 6.07) is 9.90. The molecule has 2 aromatic carbocycles. The number of nitrogens with two attached hydrogens (primary N) is 1. The highest BCUT2D eigenvalue weighted by Crippen LogP contribution is 2.23. The number of para-hydroxylation sites is 2. The van der Waals surface area contributed by atoms with E-state index in [1.165, 1.54) is 18.3 Å². The van der Waals surface area contributed by atoms with Gasteiger partial charge in [0.05, 0.1) is 11.9 Å². The van der Waals surface area contributed by atoms with Crippen molar-refractivity contribution in [2.75, 3.05) is 5.73 Å². The minimum atomic E-state index is -0.305. The van der Waals surface area contributed by atoms with Crippen LogP contribution in [0.2, 0.25) is 0 Å². The van der Waals surface area contributed by atoms with Gasteiger partial charge in [-0.2, -0.15) is 0 Å². The van der Waals surface area contributed by atoms with Crippen molar-refractivity contribution in [3.63, 3.8) is 0 Å². The molecule has 6 heteroatoms. The van der Waals surface area contributed by atoms with Crippen LogP contribution in [0, 0.1) is 29.1 Å². The first-order chi connectivity index (χ1) is 12.4. The van der Waals surface area contributed by atoms with E-state index in [1.807, 2.05) is 26.0 Å². The van der Waals surface area contributed by atoms with Gasteiger partial charge in [-0.15, -0.1) is 0 Å². The summed E-state index contributed by atoms with van der Waals surface area (Å²) in [5.74, 6) is -0.558. The van der Waals surface area contributed by atoms with Crippen LogP contribution in [-0.4, -0.2) is 9.97 Å². The van der Waals surface area contributed by atoms with E-state index >= 15 is 0 Å². The third-order valence-corrected chi connectivity index (χ3v) is 5.30. The van der Waals surface area contributed by atoms with Crippen molar-refractivity contribution in [2.45, 2.75) is 13.8 Å². The molecule has 0 saturated heterocycles. The van der Waals surface area contributed by atoms with Crippen LogP contribution in [0.15, 0.2) is 48.8 Å². The molecule has 0 atom stereocenters. The Balaban J connectivity index is 0.000000151. The van der Waals surface area contributed by atoms with Crippen molar-refractivity contribution >= 4 is 50.1 Å². The van der Waals surface area contributed by atoms with E-state index in [2.05, 4.69) is 32.6 Å². The fourth-order valence-corrected chi connectivity index (χ4v) is 3.06. The van der Waals surface area contributed by atoms with E-state index in [1.54, 1.807) is 18.3 Å². The maximum Gasteiger partial charge on any atom is 0.149 e. The zero-order chi connectivity index (χ0) is 18.8. The largest absolute Gasteiger partial charge is 0.397 e. The molecule has 132 valence electrons. The number of halogens is 3. The molecule has 0 amide bonds. The lowest BCUT2D eigenvalue weighted by Gasteiger charge is -2.04. The van der Waals surface area contributed by atoms with E-state index in [-0.39, 0.29) is 11.6 Å². The lowest BCUT2D eigenvalue weighted by molar-refractivity contribution is 0.636. The van der Waals surface area contributed by atoms with Crippen LogP contribution in [-0.2, 0) is 0 Å². The second-order valence-corrected chi connectivity index (χ2v) is 7.00. The lowest BCUT2D eigenvalue weighted by atomic mass is 10.1. The maximum atomic E-state index is 13.2. The predicted molar refractivity (Wildman–Crippen MR) is 110 cm³/mol. The Kier molecular flexibility index (Phi) is 5.31. The molecule has 0 saturated carbocycles. The molecule has 2 N–H and O–H groups in total. The van der Waals surface area contributed by atoms with E-state index < -0.39 is 0 Å². The first-order valence-corrected chi connectivity index (χ1v) is 8.96. The van der Waals surface area contributed by atoms with E-state index in [0.29, 0.717) is 16.7 Å². The van der Waals surface area contributed by atoms with Crippen molar-refractivity contribution in [2.24, 2.45) is 0 Å². The van der Waals surface area contributed by atoms with Gasteiger partial charge in [0, 0.05) is 20.5 Å². The summed E-state index contributed by atoms with van der Waals surface area (Å²) in [5.41, 5.74) is 9.06. The Labute approximate surface area is 163 Å². The molecule has 4 rings (SSSR count). The molecular formula is C20H16F2IN3. The first kappa shape index (κ1) is 18.4. The Morgan fingerprint density at radius 1 is 0.808 bits per heavy atom. The third kappa shape index (κ3) is 3.46. The zero-order valence-electron chi connectivity index (χ0n) is 14.2. The number of nitrogen functional groups attached to an aromatic ring is 1. The van der Waals surface area contributed by atoms with Gasteiger partial charge in [-0.25, -0.2) is 8.78 Å². The number of hydrogen-bond donors (Lipinski definition) is 1. The molecule has 0 aliphatic heterocycles. The van der Waals surface area contributed by atoms with Crippen LogP contribution < -0.4 is 5.73 Å². The number of fused-ring (bicyclic) bond motifs is 2. The van der Waals surface area contributed by atoms with Crippen LogP contribution >= 0.6 is 22.6 Å². The summed E-state index contributed by atoms with van der Waals surface area (Å²) in [7, 11) is 0. The summed E-state index contributed by atoms with van der Waals surface area (Å²) in [6.45, 7) is 3.84. The molecule has 26 heavy (non-hydrogen) atoms. The highest BCUT2D eigenvalue weighted by molar-refractivity contribution is 14.1. The average Bonchev–Trinajstić information content (AvgIpc) is 2.63. The normalized spacial score (nSPS) is 10.7. The Bertz CT molecular complexity index is 1020. The minimum Gasteiger partial charge on any atom is -0.397 e. The summed E-state index contributed by atoms with van der Waals surface area (Å²) >= 11 is 2.20. The highest BCUT2D eigenvalue weighted by atomic mass is 127. The van der Waals surface area contributed by atoms with Crippen LogP contribution in [0.25, 0.3) is 21.8 Å². The standard InChI is InChI=1S/C10H7FIN.C10H9FN2/c2*1-6-7-3-2-4-8(11)10(7)13-5-9(6)12/h2-5H,1H3;2-5H,12H2,1H3. The number of aromatic nitrogens is 2. The van der Waals surface area contributed by atoms with Crippen molar-refractivity contribution in [3.8, 4) is 0 Å². The monoisotopic (exact) mass is 463 g/mol. The smallest absolute Gasteiger partial charge is 0.149 e. The number of nitrogens with zero attached hydrogens (tertiary/aromatic N) is 2. The van der Waals surface area contributed by atoms with Gasteiger partial charge >= 0.3 is 0 Å². The second-order valence-electron chi connectivity index (χ2n) is 5.84. The van der Waals surface area contributed by atoms with Gasteiger partial charge in [0.2, 0.25) is 0 Å². The molecule has 4 aromatic rings. The number of aryl methyl sites for hydroxylation is 2. The van der Waals surface area contributed by atoms with E-state index in [4.69, 9.17) is 5.73 Å². The highest BCUT2D eigenvalue weighted by Gasteiger charge is 2.06. The topological polar surface area (TPSA) is 51.8 Å². The van der Waals surface area contributed by atoms with Crippen LogP contribution in [0.4, 0.5) is 14.5 Å². The number of hydrogen-bond acceptors (Lipinski definition) is 3. The molecule has 2 aromatic heterocycles. The van der Waals surface area contributed by atoms with Crippen LogP contribution in [0.5, 0.6) is 0 Å². The second kappa shape index (κ2) is 7.49. The van der Waals surface area contributed by atoms with Crippen LogP contribution in [0.3, 0.4) is 0 Å². The molecule has 0 fully saturated rings. The molecular weight excluding hydrogens is 447 g/mol. The SMILES string of the molecule is Cc1c(I)cnc2c(F)cccc12.Cc1c(N)cnc2c(F)cccc12. The zero-order valence-corrected chi connectivity index (χ0v) is 16.4. The van der Waals surface area contributed by atoms with Crippen LogP contribution in [0.1, 0.15) is 11.1 Å². The number of benzene rings is 2. The van der Waals surface area contributed by atoms with Crippen molar-refractivity contribution in [3.05, 3.63) is 75.1 Å². The molecule has 0 spiro atoms. The molecule has 0 radical (unpaired) electrons. The fraction of sp³-hybridized carbons (Fsp3) is 0.100. The Hall–Kier alpha value is -2.35. The van der Waals surface area contributed by atoms with Gasteiger partial charge in [0.25, 0.3) is 0 Å². The van der Waals surface area contributed by atoms with Gasteiger partial charge in [-0.05, 0) is 59.7 Å². The lowest BCUT2D eigenvalue weighted by Crippen LogP contribution is -1.94.